The van der Waals surface area contributed by atoms with E-state index in [4.69, 9.17) is 23.2 Å². The van der Waals surface area contributed by atoms with Crippen molar-refractivity contribution in [1.29, 1.82) is 0 Å². The number of hydrogen-bond donors (Lipinski definition) is 0. The molecule has 22 heavy (non-hydrogen) atoms. The zero-order valence-electron chi connectivity index (χ0n) is 11.2. The predicted octanol–water partition coefficient (Wildman–Crippen LogP) is 5.78. The summed E-state index contributed by atoms with van der Waals surface area (Å²) in [6, 6.07) is 2.97. The van der Waals surface area contributed by atoms with Crippen molar-refractivity contribution in [2.24, 2.45) is 0 Å². The molecule has 0 aliphatic carbocycles. The first-order chi connectivity index (χ1) is 10.3. The zero-order valence-corrected chi connectivity index (χ0v) is 12.7. The van der Waals surface area contributed by atoms with Crippen LogP contribution in [0, 0.1) is 11.6 Å². The molecule has 0 saturated heterocycles. The van der Waals surface area contributed by atoms with Crippen LogP contribution in [0.25, 0.3) is 0 Å². The molecule has 0 aliphatic heterocycles. The maximum Gasteiger partial charge on any atom is 0.276 e. The number of aromatic nitrogens is 1. The largest absolute Gasteiger partial charge is 0.276 e. The minimum absolute atomic E-state index is 0.0187. The lowest BCUT2D eigenvalue weighted by Crippen LogP contribution is -2.15. The molecule has 7 heteroatoms. The number of hydrogen-bond acceptors (Lipinski definition) is 1. The van der Waals surface area contributed by atoms with Crippen LogP contribution in [0.15, 0.2) is 30.6 Å². The predicted molar refractivity (Wildman–Crippen MR) is 77.4 cm³/mol. The fourth-order valence-electron chi connectivity index (χ4n) is 2.16. The molecule has 1 aromatic heterocycles. The first-order valence-electron chi connectivity index (χ1n) is 6.42. The van der Waals surface area contributed by atoms with Gasteiger partial charge < -0.3 is 0 Å². The third kappa shape index (κ3) is 4.11. The van der Waals surface area contributed by atoms with Crippen LogP contribution in [-0.4, -0.2) is 4.98 Å². The molecule has 0 spiro atoms. The minimum Gasteiger partial charge on any atom is -0.262 e. The molecule has 0 radical (unpaired) electrons. The molecule has 0 fully saturated rings. The normalized spacial score (nSPS) is 11.7. The number of rotatable bonds is 5. The molecule has 0 saturated carbocycles. The Morgan fingerprint density at radius 1 is 0.955 bits per heavy atom. The maximum absolute atomic E-state index is 14.2. The fraction of sp³-hybridized carbons (Fsp3) is 0.267. The van der Waals surface area contributed by atoms with Gasteiger partial charge in [0.1, 0.15) is 11.6 Å². The standard InChI is InChI=1S/C15H11Cl2F4N/c16-12-7-22-8-13(17)14(12)15(20,21)3-1-2-9-4-10(18)6-11(19)5-9/h4-8H,1-3H2. The third-order valence-electron chi connectivity index (χ3n) is 3.10. The minimum atomic E-state index is -3.25. The molecule has 1 nitrogen and oxygen atoms in total. The van der Waals surface area contributed by atoms with Crippen molar-refractivity contribution < 1.29 is 17.6 Å². The molecule has 0 bridgehead atoms. The quantitative estimate of drug-likeness (QED) is 0.622. The van der Waals surface area contributed by atoms with Gasteiger partial charge in [-0.3, -0.25) is 4.98 Å². The molecule has 0 amide bonds. The van der Waals surface area contributed by atoms with Crippen LogP contribution in [-0.2, 0) is 12.3 Å². The van der Waals surface area contributed by atoms with E-state index in [2.05, 4.69) is 4.98 Å². The summed E-state index contributed by atoms with van der Waals surface area (Å²) >= 11 is 11.5. The number of pyridine rings is 1. The van der Waals surface area contributed by atoms with Crippen LogP contribution in [0.2, 0.25) is 10.0 Å². The van der Waals surface area contributed by atoms with E-state index in [0.29, 0.717) is 5.56 Å². The Hall–Kier alpha value is -1.33. The van der Waals surface area contributed by atoms with Gasteiger partial charge in [0.25, 0.3) is 5.92 Å². The second-order valence-electron chi connectivity index (χ2n) is 4.81. The van der Waals surface area contributed by atoms with E-state index in [1.54, 1.807) is 0 Å². The summed E-state index contributed by atoms with van der Waals surface area (Å²) in [5.74, 6) is -4.72. The van der Waals surface area contributed by atoms with Crippen LogP contribution in [0.4, 0.5) is 17.6 Å². The molecule has 0 atom stereocenters. The smallest absolute Gasteiger partial charge is 0.262 e. The molecule has 1 heterocycles. The van der Waals surface area contributed by atoms with Gasteiger partial charge in [-0.1, -0.05) is 23.2 Å². The summed E-state index contributed by atoms with van der Waals surface area (Å²) in [6.07, 6.45) is 1.78. The van der Waals surface area contributed by atoms with Crippen molar-refractivity contribution in [1.82, 2.24) is 4.98 Å². The molecule has 2 aromatic rings. The first-order valence-corrected chi connectivity index (χ1v) is 7.17. The Balaban J connectivity index is 2.07. The summed E-state index contributed by atoms with van der Waals surface area (Å²) in [4.78, 5) is 3.62. The Kier molecular flexibility index (Phi) is 5.29. The summed E-state index contributed by atoms with van der Waals surface area (Å²) in [5.41, 5.74) is -0.156. The summed E-state index contributed by atoms with van der Waals surface area (Å²) in [7, 11) is 0. The summed E-state index contributed by atoms with van der Waals surface area (Å²) in [5, 5.41) is -0.427. The Morgan fingerprint density at radius 3 is 2.05 bits per heavy atom. The van der Waals surface area contributed by atoms with E-state index in [1.165, 1.54) is 0 Å². The van der Waals surface area contributed by atoms with E-state index >= 15 is 0 Å². The van der Waals surface area contributed by atoms with Crippen LogP contribution >= 0.6 is 23.2 Å². The van der Waals surface area contributed by atoms with Crippen molar-refractivity contribution in [2.45, 2.75) is 25.2 Å². The number of aryl methyl sites for hydroxylation is 1. The van der Waals surface area contributed by atoms with Crippen molar-refractivity contribution in [3.05, 3.63) is 63.4 Å². The molecule has 1 aromatic carbocycles. The number of benzene rings is 1. The zero-order chi connectivity index (χ0) is 16.3. The maximum atomic E-state index is 14.2. The van der Waals surface area contributed by atoms with Gasteiger partial charge >= 0.3 is 0 Å². The Labute approximate surface area is 134 Å². The Bertz CT molecular complexity index is 636. The van der Waals surface area contributed by atoms with E-state index in [1.807, 2.05) is 0 Å². The second-order valence-corrected chi connectivity index (χ2v) is 5.63. The number of alkyl halides is 2. The van der Waals surface area contributed by atoms with Gasteiger partial charge in [0.2, 0.25) is 0 Å². The lowest BCUT2D eigenvalue weighted by atomic mass is 10.0. The molecular weight excluding hydrogens is 341 g/mol. The van der Waals surface area contributed by atoms with Crippen LogP contribution < -0.4 is 0 Å². The van der Waals surface area contributed by atoms with Crippen molar-refractivity contribution in [3.63, 3.8) is 0 Å². The van der Waals surface area contributed by atoms with Crippen molar-refractivity contribution in [3.8, 4) is 0 Å². The molecular formula is C15H11Cl2F4N. The summed E-state index contributed by atoms with van der Waals surface area (Å²) < 4.78 is 54.4. The van der Waals surface area contributed by atoms with Crippen molar-refractivity contribution in [2.75, 3.05) is 0 Å². The van der Waals surface area contributed by atoms with Crippen LogP contribution in [0.5, 0.6) is 0 Å². The monoisotopic (exact) mass is 351 g/mol. The second kappa shape index (κ2) is 6.84. The lowest BCUT2D eigenvalue weighted by molar-refractivity contribution is -0.0150. The summed E-state index contributed by atoms with van der Waals surface area (Å²) in [6.45, 7) is 0. The van der Waals surface area contributed by atoms with Gasteiger partial charge in [0.05, 0.1) is 15.6 Å². The lowest BCUT2D eigenvalue weighted by Gasteiger charge is -2.19. The topological polar surface area (TPSA) is 12.9 Å². The van der Waals surface area contributed by atoms with Gasteiger partial charge in [-0.25, -0.2) is 17.6 Å². The highest BCUT2D eigenvalue weighted by Crippen LogP contribution is 2.41. The Morgan fingerprint density at radius 2 is 1.50 bits per heavy atom. The van der Waals surface area contributed by atoms with Crippen molar-refractivity contribution >= 4 is 23.2 Å². The van der Waals surface area contributed by atoms with Crippen LogP contribution in [0.3, 0.4) is 0 Å². The van der Waals surface area contributed by atoms with E-state index < -0.39 is 29.5 Å². The molecule has 0 N–H and O–H groups in total. The highest BCUT2D eigenvalue weighted by molar-refractivity contribution is 6.35. The van der Waals surface area contributed by atoms with Gasteiger partial charge in [0, 0.05) is 24.9 Å². The van der Waals surface area contributed by atoms with Crippen LogP contribution in [0.1, 0.15) is 24.0 Å². The molecule has 0 aliphatic rings. The van der Waals surface area contributed by atoms with E-state index in [-0.39, 0.29) is 22.9 Å². The van der Waals surface area contributed by atoms with Gasteiger partial charge in [-0.05, 0) is 30.5 Å². The molecule has 0 unspecified atom stereocenters. The SMILES string of the molecule is Fc1cc(F)cc(CCCC(F)(F)c2c(Cl)cncc2Cl)c1. The van der Waals surface area contributed by atoms with E-state index in [0.717, 1.165) is 30.6 Å². The average Bonchev–Trinajstić information content (AvgIpc) is 2.36. The highest BCUT2D eigenvalue weighted by atomic mass is 35.5. The highest BCUT2D eigenvalue weighted by Gasteiger charge is 2.35. The molecule has 118 valence electrons. The molecule has 2 rings (SSSR count). The van der Waals surface area contributed by atoms with E-state index in [9.17, 15) is 17.6 Å². The number of halogens is 6. The first kappa shape index (κ1) is 17.0. The van der Waals surface area contributed by atoms with Gasteiger partial charge in [-0.2, -0.15) is 0 Å². The number of nitrogens with zero attached hydrogens (tertiary/aromatic N) is 1. The fourth-order valence-corrected chi connectivity index (χ4v) is 2.80. The average molecular weight is 352 g/mol. The van der Waals surface area contributed by atoms with Gasteiger partial charge in [-0.15, -0.1) is 0 Å². The third-order valence-corrected chi connectivity index (χ3v) is 3.67. The van der Waals surface area contributed by atoms with Gasteiger partial charge in [0.15, 0.2) is 0 Å².